The molecule has 2 rings (SSSR count). The predicted molar refractivity (Wildman–Crippen MR) is 52.5 cm³/mol. The van der Waals surface area contributed by atoms with Crippen LogP contribution in [0.1, 0.15) is 18.7 Å². The maximum Gasteiger partial charge on any atom is 0.159 e. The molecule has 70 valence electrons. The van der Waals surface area contributed by atoms with E-state index < -0.39 is 0 Å². The maximum atomic E-state index is 8.81. The minimum absolute atomic E-state index is 0.200. The third kappa shape index (κ3) is 1.14. The smallest absolute Gasteiger partial charge is 0.159 e. The molecule has 1 unspecified atom stereocenters. The van der Waals surface area contributed by atoms with Crippen LogP contribution in [0.5, 0.6) is 0 Å². The molecule has 0 aliphatic heterocycles. The van der Waals surface area contributed by atoms with E-state index in [2.05, 4.69) is 16.0 Å². The first kappa shape index (κ1) is 8.70. The number of rotatable bonds is 1. The molecule has 0 aliphatic rings. The lowest BCUT2D eigenvalue weighted by molar-refractivity contribution is 0.773. The van der Waals surface area contributed by atoms with Gasteiger partial charge in [0, 0.05) is 13.2 Å². The van der Waals surface area contributed by atoms with Gasteiger partial charge in [-0.25, -0.2) is 9.97 Å². The van der Waals surface area contributed by atoms with Crippen molar-refractivity contribution >= 4 is 11.2 Å². The second-order valence-corrected chi connectivity index (χ2v) is 3.23. The molecule has 14 heavy (non-hydrogen) atoms. The number of fused-ring (bicyclic) bond motifs is 1. The second kappa shape index (κ2) is 3.11. The van der Waals surface area contributed by atoms with Gasteiger partial charge in [0.25, 0.3) is 0 Å². The molecule has 0 saturated heterocycles. The van der Waals surface area contributed by atoms with Crippen molar-refractivity contribution in [1.82, 2.24) is 14.5 Å². The highest BCUT2D eigenvalue weighted by Gasteiger charge is 2.13. The Balaban J connectivity index is 2.70. The van der Waals surface area contributed by atoms with E-state index in [1.807, 2.05) is 30.7 Å². The quantitative estimate of drug-likeness (QED) is 0.679. The van der Waals surface area contributed by atoms with Gasteiger partial charge in [0.2, 0.25) is 0 Å². The Bertz CT molecular complexity index is 506. The Hall–Kier alpha value is -1.89. The summed E-state index contributed by atoms with van der Waals surface area (Å²) in [6.45, 7) is 1.83. The van der Waals surface area contributed by atoms with Gasteiger partial charge in [-0.05, 0) is 19.1 Å². The van der Waals surface area contributed by atoms with E-state index in [4.69, 9.17) is 5.26 Å². The molecular formula is C10H10N4. The number of aromatic nitrogens is 3. The number of nitrogens with zero attached hydrogens (tertiary/aromatic N) is 4. The van der Waals surface area contributed by atoms with Crippen molar-refractivity contribution in [2.45, 2.75) is 12.8 Å². The lowest BCUT2D eigenvalue weighted by atomic mass is 10.2. The summed E-state index contributed by atoms with van der Waals surface area (Å²) in [6, 6.07) is 5.91. The molecule has 0 aromatic carbocycles. The van der Waals surface area contributed by atoms with E-state index >= 15 is 0 Å². The van der Waals surface area contributed by atoms with Crippen molar-refractivity contribution in [1.29, 1.82) is 5.26 Å². The van der Waals surface area contributed by atoms with Gasteiger partial charge in [0.15, 0.2) is 5.65 Å². The molecule has 2 aromatic heterocycles. The van der Waals surface area contributed by atoms with Crippen molar-refractivity contribution in [3.05, 3.63) is 24.2 Å². The number of nitriles is 1. The summed E-state index contributed by atoms with van der Waals surface area (Å²) in [6.07, 6.45) is 1.73. The molecular weight excluding hydrogens is 176 g/mol. The van der Waals surface area contributed by atoms with Crippen LogP contribution in [0.25, 0.3) is 11.2 Å². The average molecular weight is 186 g/mol. The third-order valence-electron chi connectivity index (χ3n) is 2.24. The minimum atomic E-state index is -0.200. The van der Waals surface area contributed by atoms with Crippen LogP contribution in [0, 0.1) is 11.3 Å². The largest absolute Gasteiger partial charge is 0.315 e. The summed E-state index contributed by atoms with van der Waals surface area (Å²) in [5.41, 5.74) is 1.66. The highest BCUT2D eigenvalue weighted by molar-refractivity contribution is 5.71. The molecule has 0 fully saturated rings. The molecule has 0 N–H and O–H groups in total. The standard InChI is InChI=1S/C10H10N4/c1-7(6-11)9-13-8-4-3-5-12-10(8)14(9)2/h3-5,7H,1-2H3. The van der Waals surface area contributed by atoms with Crippen LogP contribution in [-0.4, -0.2) is 14.5 Å². The van der Waals surface area contributed by atoms with Crippen molar-refractivity contribution in [2.24, 2.45) is 7.05 Å². The van der Waals surface area contributed by atoms with Crippen molar-refractivity contribution < 1.29 is 0 Å². The lowest BCUT2D eigenvalue weighted by Gasteiger charge is -2.01. The average Bonchev–Trinajstić information content (AvgIpc) is 2.56. The summed E-state index contributed by atoms with van der Waals surface area (Å²) >= 11 is 0. The van der Waals surface area contributed by atoms with E-state index in [9.17, 15) is 0 Å². The fourth-order valence-corrected chi connectivity index (χ4v) is 1.49. The molecule has 0 spiro atoms. The van der Waals surface area contributed by atoms with Gasteiger partial charge in [-0.1, -0.05) is 0 Å². The van der Waals surface area contributed by atoms with Crippen LogP contribution >= 0.6 is 0 Å². The van der Waals surface area contributed by atoms with Crippen LogP contribution in [-0.2, 0) is 7.05 Å². The summed E-state index contributed by atoms with van der Waals surface area (Å²) < 4.78 is 1.86. The molecule has 0 bridgehead atoms. The molecule has 2 heterocycles. The van der Waals surface area contributed by atoms with Crippen LogP contribution in [0.15, 0.2) is 18.3 Å². The van der Waals surface area contributed by atoms with E-state index in [0.717, 1.165) is 17.0 Å². The molecule has 4 heteroatoms. The zero-order chi connectivity index (χ0) is 10.1. The van der Waals surface area contributed by atoms with E-state index in [1.54, 1.807) is 6.20 Å². The van der Waals surface area contributed by atoms with Gasteiger partial charge in [-0.3, -0.25) is 0 Å². The van der Waals surface area contributed by atoms with Crippen molar-refractivity contribution in [3.8, 4) is 6.07 Å². The minimum Gasteiger partial charge on any atom is -0.315 e. The Morgan fingerprint density at radius 3 is 3.00 bits per heavy atom. The first-order valence-electron chi connectivity index (χ1n) is 4.41. The first-order chi connectivity index (χ1) is 6.74. The normalized spacial score (nSPS) is 12.6. The molecule has 1 atom stereocenters. The van der Waals surface area contributed by atoms with E-state index in [-0.39, 0.29) is 5.92 Å². The Morgan fingerprint density at radius 2 is 2.36 bits per heavy atom. The number of hydrogen-bond donors (Lipinski definition) is 0. The van der Waals surface area contributed by atoms with Gasteiger partial charge in [-0.2, -0.15) is 5.26 Å². The number of pyridine rings is 1. The van der Waals surface area contributed by atoms with Crippen LogP contribution in [0.3, 0.4) is 0 Å². The number of aryl methyl sites for hydroxylation is 1. The highest BCUT2D eigenvalue weighted by atomic mass is 15.1. The predicted octanol–water partition coefficient (Wildman–Crippen LogP) is 1.60. The summed E-state index contributed by atoms with van der Waals surface area (Å²) in [5, 5.41) is 8.81. The van der Waals surface area contributed by atoms with Crippen LogP contribution in [0.4, 0.5) is 0 Å². The number of imidazole rings is 1. The van der Waals surface area contributed by atoms with Gasteiger partial charge in [0.05, 0.1) is 6.07 Å². The zero-order valence-corrected chi connectivity index (χ0v) is 8.10. The topological polar surface area (TPSA) is 54.5 Å². The highest BCUT2D eigenvalue weighted by Crippen LogP contribution is 2.17. The van der Waals surface area contributed by atoms with Gasteiger partial charge < -0.3 is 4.57 Å². The lowest BCUT2D eigenvalue weighted by Crippen LogP contribution is -2.01. The Morgan fingerprint density at radius 1 is 1.57 bits per heavy atom. The monoisotopic (exact) mass is 186 g/mol. The fourth-order valence-electron chi connectivity index (χ4n) is 1.49. The second-order valence-electron chi connectivity index (χ2n) is 3.23. The van der Waals surface area contributed by atoms with Crippen LogP contribution in [0.2, 0.25) is 0 Å². The third-order valence-corrected chi connectivity index (χ3v) is 2.24. The number of hydrogen-bond acceptors (Lipinski definition) is 3. The van der Waals surface area contributed by atoms with Gasteiger partial charge >= 0.3 is 0 Å². The van der Waals surface area contributed by atoms with Gasteiger partial charge in [0.1, 0.15) is 17.3 Å². The SMILES string of the molecule is CC(C#N)c1nc2cccnc2n1C. The molecule has 0 aliphatic carbocycles. The molecule has 4 nitrogen and oxygen atoms in total. The van der Waals surface area contributed by atoms with Crippen molar-refractivity contribution in [3.63, 3.8) is 0 Å². The summed E-state index contributed by atoms with van der Waals surface area (Å²) in [5.74, 6) is 0.565. The van der Waals surface area contributed by atoms with E-state index in [1.165, 1.54) is 0 Å². The fraction of sp³-hybridized carbons (Fsp3) is 0.300. The maximum absolute atomic E-state index is 8.81. The van der Waals surface area contributed by atoms with Crippen LogP contribution < -0.4 is 0 Å². The van der Waals surface area contributed by atoms with Crippen molar-refractivity contribution in [2.75, 3.05) is 0 Å². The zero-order valence-electron chi connectivity index (χ0n) is 8.10. The summed E-state index contributed by atoms with van der Waals surface area (Å²) in [4.78, 5) is 8.57. The molecule has 0 saturated carbocycles. The molecule has 0 amide bonds. The first-order valence-corrected chi connectivity index (χ1v) is 4.41. The Kier molecular flexibility index (Phi) is 1.93. The molecule has 2 aromatic rings. The summed E-state index contributed by atoms with van der Waals surface area (Å²) in [7, 11) is 1.88. The Labute approximate surface area is 81.8 Å². The van der Waals surface area contributed by atoms with Gasteiger partial charge in [-0.15, -0.1) is 0 Å². The molecule has 0 radical (unpaired) electrons. The van der Waals surface area contributed by atoms with E-state index in [0.29, 0.717) is 0 Å².